The van der Waals surface area contributed by atoms with Crippen LogP contribution in [0.3, 0.4) is 0 Å². The van der Waals surface area contributed by atoms with E-state index < -0.39 is 32.3 Å². The second-order valence-electron chi connectivity index (χ2n) is 27.1. The minimum Gasteiger partial charge on any atom is -0.247 e. The molecule has 0 bridgehead atoms. The first-order valence-electron chi connectivity index (χ1n) is 30.3. The molecule has 80 heavy (non-hydrogen) atoms. The number of aromatic nitrogens is 6. The van der Waals surface area contributed by atoms with E-state index in [1.165, 1.54) is 0 Å². The van der Waals surface area contributed by atoms with Gasteiger partial charge in [0.15, 0.2) is 0 Å². The van der Waals surface area contributed by atoms with Gasteiger partial charge in [0.2, 0.25) is 0 Å². The molecular weight excluding hydrogens is 1110 g/mol. The van der Waals surface area contributed by atoms with Crippen molar-refractivity contribution in [2.24, 2.45) is 0 Å². The quantitative estimate of drug-likeness (QED) is 0.0470. The number of rotatable bonds is 19. The van der Waals surface area contributed by atoms with Gasteiger partial charge in [0.25, 0.3) is 0 Å². The molecule has 0 atom stereocenters. The zero-order valence-corrected chi connectivity index (χ0v) is 59.5. The van der Waals surface area contributed by atoms with Crippen molar-refractivity contribution in [3.8, 4) is 68.4 Å². The van der Waals surface area contributed by atoms with E-state index in [4.69, 9.17) is 20.6 Å². The third kappa shape index (κ3) is 14.5. The van der Waals surface area contributed by atoms with Crippen LogP contribution in [0, 0.1) is 45.9 Å². The van der Waals surface area contributed by atoms with Crippen LogP contribution in [0.1, 0.15) is 205 Å². The largest absolute Gasteiger partial charge is 0.247 e. The van der Waals surface area contributed by atoms with Gasteiger partial charge in [-0.15, -0.1) is 32.4 Å². The molecule has 0 saturated heterocycles. The third-order valence-corrected chi connectivity index (χ3v) is 44.5. The van der Waals surface area contributed by atoms with Gasteiger partial charge < -0.3 is 0 Å². The fourth-order valence-electron chi connectivity index (χ4n) is 14.8. The Bertz CT molecular complexity index is 2730. The van der Waals surface area contributed by atoms with Crippen LogP contribution >= 0.6 is 15.9 Å². The second-order valence-corrected chi connectivity index (χ2v) is 50.0. The minimum absolute atomic E-state index is 0.543. The van der Waals surface area contributed by atoms with Crippen LogP contribution in [0.5, 0.6) is 0 Å². The molecule has 0 aliphatic carbocycles. The molecule has 0 radical (unpaired) electrons. The van der Waals surface area contributed by atoms with Crippen molar-refractivity contribution >= 4 is 48.2 Å². The number of halogens is 1. The lowest BCUT2D eigenvalue weighted by Crippen LogP contribution is -2.43. The van der Waals surface area contributed by atoms with E-state index in [1.54, 1.807) is 0 Å². The second kappa shape index (κ2) is 27.7. The highest BCUT2D eigenvalue weighted by Gasteiger charge is 2.44. The molecule has 0 unspecified atom stereocenters. The van der Waals surface area contributed by atoms with Crippen LogP contribution in [-0.2, 0) is 18.4 Å². The topological polar surface area (TPSA) is 61.4 Å². The van der Waals surface area contributed by atoms with Gasteiger partial charge in [-0.3, -0.25) is 0 Å². The van der Waals surface area contributed by atoms with Crippen LogP contribution in [0.25, 0.3) is 22.5 Å². The van der Waals surface area contributed by atoms with Crippen molar-refractivity contribution < 1.29 is 0 Å². The molecule has 430 valence electrons. The summed E-state index contributed by atoms with van der Waals surface area (Å²) in [7, 11) is -7.91. The molecular formula is C69H101BrN6Si4. The van der Waals surface area contributed by atoms with Crippen molar-refractivity contribution in [3.63, 3.8) is 0 Å². The fourth-order valence-corrected chi connectivity index (χ4v) is 36.0. The molecule has 6 nitrogen and oxygen atoms in total. The summed E-state index contributed by atoms with van der Waals surface area (Å²) in [6.45, 7) is 58.2. The van der Waals surface area contributed by atoms with E-state index in [9.17, 15) is 0 Å². The lowest BCUT2D eigenvalue weighted by Gasteiger charge is -2.38. The zero-order valence-electron chi connectivity index (χ0n) is 54.0. The van der Waals surface area contributed by atoms with Gasteiger partial charge in [-0.05, 0) is 138 Å². The molecule has 2 heterocycles. The molecule has 3 aromatic carbocycles. The Morgan fingerprint density at radius 3 is 0.787 bits per heavy atom. The Morgan fingerprint density at radius 2 is 0.575 bits per heavy atom. The van der Waals surface area contributed by atoms with Crippen molar-refractivity contribution in [2.75, 3.05) is 0 Å². The van der Waals surface area contributed by atoms with E-state index in [-0.39, 0.29) is 0 Å². The molecule has 0 fully saturated rings. The molecule has 0 aliphatic rings. The Morgan fingerprint density at radius 1 is 0.338 bits per heavy atom. The molecule has 5 aromatic rings. The summed E-state index contributed by atoms with van der Waals surface area (Å²) in [6.07, 6.45) is 4.12. The zero-order chi connectivity index (χ0) is 59.8. The average molecular weight is 1210 g/mol. The maximum absolute atomic E-state index is 4.78. The fraction of sp³-hybridized carbons (Fsp3) is 0.565. The molecule has 0 saturated carbocycles. The standard InChI is InChI=1S/C69H101BrN6Si4/c1-47(2)77(48(3)4,49(5)6)29-25-59-33-60(26-30-78(50(7)8,51(9)10)52(11)12)36-64(35-59)43-75-45-68(71-73-75)66-39-63(42-70)40-67(41-66)69-46-76(74-72-69)44-65-37-61(27-31-79(53(13)14,54(15)16)55(17)18)34-62(38-65)28-32-80(56(19)20,57(21)22)58(23)24/h33-41,45-58H,42-44H2,1-24H3. The summed E-state index contributed by atoms with van der Waals surface area (Å²) >= 11 is 3.77. The lowest BCUT2D eigenvalue weighted by atomic mass is 10.0. The van der Waals surface area contributed by atoms with Gasteiger partial charge in [-0.25, -0.2) is 9.36 Å². The Balaban J connectivity index is 1.56. The lowest BCUT2D eigenvalue weighted by molar-refractivity contribution is 0.649. The van der Waals surface area contributed by atoms with Crippen LogP contribution in [0.2, 0.25) is 66.5 Å². The van der Waals surface area contributed by atoms with E-state index >= 15 is 0 Å². The summed E-state index contributed by atoms with van der Waals surface area (Å²) < 4.78 is 3.90. The Hall–Kier alpha value is -4.47. The van der Waals surface area contributed by atoms with Gasteiger partial charge in [-0.2, -0.15) is 0 Å². The van der Waals surface area contributed by atoms with E-state index in [1.807, 2.05) is 9.36 Å². The molecule has 0 aliphatic heterocycles. The highest BCUT2D eigenvalue weighted by molar-refractivity contribution is 9.08. The summed E-state index contributed by atoms with van der Waals surface area (Å²) in [5, 5.41) is 19.7. The first-order valence-corrected chi connectivity index (χ1v) is 40.4. The SMILES string of the molecule is CC(C)[Si](C#Cc1cc(C#C[Si](C(C)C)(C(C)C)C(C)C)cc(Cn2cc(-c3cc(CBr)cc(-c4cn(Cc5cc(C#C[Si](C(C)C)(C(C)C)C(C)C)cc(C#C[Si](C(C)C)(C(C)C)C(C)C)c5)nn4)c3)nn2)c1)(C(C)C)C(C)C. The van der Waals surface area contributed by atoms with Gasteiger partial charge in [0.1, 0.15) is 43.7 Å². The predicted octanol–water partition coefficient (Wildman–Crippen LogP) is 19.5. The van der Waals surface area contributed by atoms with E-state index in [0.29, 0.717) is 84.9 Å². The first kappa shape index (κ1) is 66.3. The smallest absolute Gasteiger partial charge is 0.146 e. The average Bonchev–Trinajstić information content (AvgIpc) is 4.03. The number of nitrogens with zero attached hydrogens (tertiary/aromatic N) is 6. The molecule has 0 amide bonds. The minimum atomic E-state index is -1.98. The number of hydrogen-bond acceptors (Lipinski definition) is 4. The van der Waals surface area contributed by atoms with Gasteiger partial charge in [0.05, 0.1) is 25.5 Å². The van der Waals surface area contributed by atoms with E-state index in [2.05, 4.69) is 295 Å². The summed E-state index contributed by atoms with van der Waals surface area (Å²) in [5.74, 6) is 15.1. The van der Waals surface area contributed by atoms with Crippen molar-refractivity contribution in [1.82, 2.24) is 30.0 Å². The predicted molar refractivity (Wildman–Crippen MR) is 360 cm³/mol. The van der Waals surface area contributed by atoms with Crippen LogP contribution < -0.4 is 0 Å². The van der Waals surface area contributed by atoms with Crippen molar-refractivity contribution in [2.45, 2.75) is 251 Å². The molecule has 0 N–H and O–H groups in total. The highest BCUT2D eigenvalue weighted by Crippen LogP contribution is 2.44. The van der Waals surface area contributed by atoms with Gasteiger partial charge in [-0.1, -0.05) is 216 Å². The molecule has 2 aromatic heterocycles. The normalized spacial score (nSPS) is 12.7. The molecule has 0 spiro atoms. The number of alkyl halides is 1. The van der Waals surface area contributed by atoms with Gasteiger partial charge in [0, 0.05) is 38.7 Å². The number of hydrogen-bond donors (Lipinski definition) is 0. The van der Waals surface area contributed by atoms with Crippen molar-refractivity contribution in [3.05, 3.63) is 106 Å². The van der Waals surface area contributed by atoms with Crippen LogP contribution in [0.4, 0.5) is 0 Å². The van der Waals surface area contributed by atoms with Crippen LogP contribution in [-0.4, -0.2) is 62.3 Å². The maximum atomic E-state index is 4.78. The first-order chi connectivity index (χ1) is 37.4. The van der Waals surface area contributed by atoms with Crippen molar-refractivity contribution in [1.29, 1.82) is 0 Å². The van der Waals surface area contributed by atoms with E-state index in [0.717, 1.165) is 61.5 Å². The summed E-state index contributed by atoms with van der Waals surface area (Å²) in [5.41, 5.74) is 33.5. The highest BCUT2D eigenvalue weighted by atomic mass is 79.9. The summed E-state index contributed by atoms with van der Waals surface area (Å²) in [4.78, 5) is 0. The van der Waals surface area contributed by atoms with Crippen LogP contribution in [0.15, 0.2) is 67.0 Å². The maximum Gasteiger partial charge on any atom is 0.146 e. The Kier molecular flexibility index (Phi) is 23.0. The molecule has 5 rings (SSSR count). The summed E-state index contributed by atoms with van der Waals surface area (Å²) in [6, 6.07) is 20.0. The Labute approximate surface area is 500 Å². The molecule has 11 heteroatoms. The monoisotopic (exact) mass is 1200 g/mol. The number of benzene rings is 3. The third-order valence-electron chi connectivity index (χ3n) is 18.6. The van der Waals surface area contributed by atoms with Gasteiger partial charge >= 0.3 is 0 Å².